The second kappa shape index (κ2) is 13.2. The van der Waals surface area contributed by atoms with E-state index >= 15 is 0 Å². The Bertz CT molecular complexity index is 2700. The van der Waals surface area contributed by atoms with E-state index in [9.17, 15) is 0 Å². The Labute approximate surface area is 323 Å². The molecular weight excluding hydrogens is 665 g/mol. The summed E-state index contributed by atoms with van der Waals surface area (Å²) in [7, 11) is 0. The van der Waals surface area contributed by atoms with Crippen LogP contribution in [0.15, 0.2) is 206 Å². The molecule has 0 saturated carbocycles. The third-order valence-corrected chi connectivity index (χ3v) is 11.4. The Morgan fingerprint density at radius 2 is 0.818 bits per heavy atom. The molecule has 0 bridgehead atoms. The number of hydrogen-bond acceptors (Lipinski definition) is 1. The summed E-state index contributed by atoms with van der Waals surface area (Å²) in [5, 5.41) is 1.30. The lowest BCUT2D eigenvalue weighted by atomic mass is 9.84. The zero-order valence-electron chi connectivity index (χ0n) is 31.0. The minimum Gasteiger partial charge on any atom is -0.312 e. The molecule has 2 heteroatoms. The molecule has 0 N–H and O–H groups in total. The van der Waals surface area contributed by atoms with Crippen molar-refractivity contribution in [3.8, 4) is 50.2 Å². The zero-order chi connectivity index (χ0) is 36.9. The molecule has 2 nitrogen and oxygen atoms in total. The van der Waals surface area contributed by atoms with Gasteiger partial charge in [0.05, 0.1) is 5.52 Å². The van der Waals surface area contributed by atoms with E-state index in [4.69, 9.17) is 0 Å². The van der Waals surface area contributed by atoms with Gasteiger partial charge in [-0.15, -0.1) is 0 Å². The van der Waals surface area contributed by atoms with Crippen LogP contribution in [-0.4, -0.2) is 4.57 Å². The van der Waals surface area contributed by atoms with E-state index in [0.29, 0.717) is 0 Å². The highest BCUT2D eigenvalue weighted by Gasteiger charge is 2.41. The number of rotatable bonds is 7. The number of aromatic nitrogens is 1. The van der Waals surface area contributed by atoms with Crippen LogP contribution in [0.1, 0.15) is 25.1 Å². The molecule has 0 saturated heterocycles. The van der Waals surface area contributed by atoms with Gasteiger partial charge in [-0.25, -0.2) is 0 Å². The Kier molecular flexibility index (Phi) is 7.85. The van der Waals surface area contributed by atoms with Crippen LogP contribution < -0.4 is 4.90 Å². The van der Waals surface area contributed by atoms with E-state index in [1.54, 1.807) is 0 Å². The molecule has 0 unspecified atom stereocenters. The summed E-state index contributed by atoms with van der Waals surface area (Å²) in [5.41, 5.74) is 18.3. The van der Waals surface area contributed by atoms with Crippen molar-refractivity contribution in [3.05, 3.63) is 218 Å². The van der Waals surface area contributed by atoms with Crippen LogP contribution in [0.5, 0.6) is 0 Å². The number of para-hydroxylation sites is 2. The van der Waals surface area contributed by atoms with Crippen molar-refractivity contribution in [2.75, 3.05) is 4.90 Å². The molecule has 0 aliphatic heterocycles. The number of fused-ring (bicyclic) bond motifs is 5. The van der Waals surface area contributed by atoms with Gasteiger partial charge in [-0.05, 0) is 105 Å². The van der Waals surface area contributed by atoms with Crippen LogP contribution in [0.25, 0.3) is 61.1 Å². The van der Waals surface area contributed by atoms with Crippen molar-refractivity contribution in [1.29, 1.82) is 0 Å². The van der Waals surface area contributed by atoms with E-state index < -0.39 is 0 Å². The molecule has 0 spiro atoms. The van der Waals surface area contributed by atoms with Gasteiger partial charge in [0.15, 0.2) is 0 Å². The summed E-state index contributed by atoms with van der Waals surface area (Å²) in [6, 6.07) is 74.8. The topological polar surface area (TPSA) is 8.17 Å². The van der Waals surface area contributed by atoms with Gasteiger partial charge in [-0.2, -0.15) is 0 Å². The average molecular weight is 705 g/mol. The molecule has 1 heterocycles. The number of anilines is 3. The SMILES string of the molecule is CC1(C)c2ccc(-c3ccc(N(c4ccc(-c5ccccc5)cc4)c4ccc(-c5ccccc5)cc4)cc3)cc2-c2c1n(-c1ccccc1)c1ccccc21. The predicted molar refractivity (Wildman–Crippen MR) is 232 cm³/mol. The second-order valence-electron chi connectivity index (χ2n) is 15.0. The molecule has 0 fully saturated rings. The normalized spacial score (nSPS) is 12.7. The molecular formula is C53H40N2. The Balaban J connectivity index is 1.04. The highest BCUT2D eigenvalue weighted by Crippen LogP contribution is 2.54. The molecule has 0 amide bonds. The molecule has 0 radical (unpaired) electrons. The zero-order valence-corrected chi connectivity index (χ0v) is 31.0. The third-order valence-electron chi connectivity index (χ3n) is 11.4. The van der Waals surface area contributed by atoms with Crippen molar-refractivity contribution in [2.24, 2.45) is 0 Å². The Morgan fingerprint density at radius 1 is 0.400 bits per heavy atom. The highest BCUT2D eigenvalue weighted by atomic mass is 15.1. The molecule has 8 aromatic carbocycles. The number of nitrogens with zero attached hydrogens (tertiary/aromatic N) is 2. The van der Waals surface area contributed by atoms with Gasteiger partial charge < -0.3 is 9.47 Å². The smallest absolute Gasteiger partial charge is 0.0538 e. The van der Waals surface area contributed by atoms with Gasteiger partial charge in [0.2, 0.25) is 0 Å². The first kappa shape index (κ1) is 32.7. The van der Waals surface area contributed by atoms with E-state index in [-0.39, 0.29) is 5.41 Å². The van der Waals surface area contributed by atoms with E-state index in [1.807, 2.05) is 0 Å². The first-order valence-corrected chi connectivity index (χ1v) is 19.1. The van der Waals surface area contributed by atoms with Crippen LogP contribution in [0.4, 0.5) is 17.1 Å². The summed E-state index contributed by atoms with van der Waals surface area (Å²) >= 11 is 0. The maximum atomic E-state index is 2.48. The third kappa shape index (κ3) is 5.57. The van der Waals surface area contributed by atoms with Gasteiger partial charge in [-0.1, -0.05) is 159 Å². The van der Waals surface area contributed by atoms with E-state index in [1.165, 1.54) is 72.4 Å². The van der Waals surface area contributed by atoms with Crippen LogP contribution in [0.2, 0.25) is 0 Å². The van der Waals surface area contributed by atoms with Crippen molar-refractivity contribution in [3.63, 3.8) is 0 Å². The van der Waals surface area contributed by atoms with Gasteiger partial charge >= 0.3 is 0 Å². The van der Waals surface area contributed by atoms with Gasteiger partial charge in [-0.3, -0.25) is 0 Å². The quantitative estimate of drug-likeness (QED) is 0.160. The minimum absolute atomic E-state index is 0.158. The van der Waals surface area contributed by atoms with Crippen LogP contribution in [-0.2, 0) is 5.41 Å². The maximum Gasteiger partial charge on any atom is 0.0538 e. The van der Waals surface area contributed by atoms with Crippen LogP contribution in [0.3, 0.4) is 0 Å². The van der Waals surface area contributed by atoms with E-state index in [0.717, 1.165) is 17.1 Å². The summed E-state index contributed by atoms with van der Waals surface area (Å²) in [5.74, 6) is 0. The monoisotopic (exact) mass is 704 g/mol. The number of benzene rings is 8. The second-order valence-corrected chi connectivity index (χ2v) is 15.0. The first-order chi connectivity index (χ1) is 27.0. The molecule has 1 aliphatic rings. The fraction of sp³-hybridized carbons (Fsp3) is 0.0566. The van der Waals surface area contributed by atoms with Gasteiger partial charge in [0.1, 0.15) is 0 Å². The number of hydrogen-bond donors (Lipinski definition) is 0. The summed E-state index contributed by atoms with van der Waals surface area (Å²) in [6.07, 6.45) is 0. The van der Waals surface area contributed by atoms with Gasteiger partial charge in [0.25, 0.3) is 0 Å². The maximum absolute atomic E-state index is 2.48. The van der Waals surface area contributed by atoms with E-state index in [2.05, 4.69) is 230 Å². The molecule has 0 atom stereocenters. The lowest BCUT2D eigenvalue weighted by Crippen LogP contribution is -2.19. The fourth-order valence-corrected chi connectivity index (χ4v) is 8.67. The predicted octanol–water partition coefficient (Wildman–Crippen LogP) is 14.4. The van der Waals surface area contributed by atoms with Crippen molar-refractivity contribution < 1.29 is 0 Å². The van der Waals surface area contributed by atoms with Crippen molar-refractivity contribution >= 4 is 28.0 Å². The molecule has 262 valence electrons. The first-order valence-electron chi connectivity index (χ1n) is 19.1. The standard InChI is InChI=1S/C53H40N2/c1-53(2)49-35-28-42(36-48(49)51-47-20-12-13-21-50(47)55(52(51)53)43-18-10-5-11-19-43)41-26-33-46(34-27-41)54(44-29-22-39(23-30-44)37-14-6-3-7-15-37)45-31-24-40(25-32-45)38-16-8-4-9-17-38/h3-36H,1-2H3. The highest BCUT2D eigenvalue weighted by molar-refractivity contribution is 6.04. The molecule has 1 aliphatic carbocycles. The fourth-order valence-electron chi connectivity index (χ4n) is 8.67. The Morgan fingerprint density at radius 3 is 1.35 bits per heavy atom. The Hall–Kier alpha value is -6.90. The minimum atomic E-state index is -0.158. The lowest BCUT2D eigenvalue weighted by molar-refractivity contribution is 0.624. The summed E-state index contributed by atoms with van der Waals surface area (Å²) < 4.78 is 2.48. The van der Waals surface area contributed by atoms with Crippen LogP contribution in [0, 0.1) is 0 Å². The van der Waals surface area contributed by atoms with Crippen LogP contribution >= 0.6 is 0 Å². The van der Waals surface area contributed by atoms with Gasteiger partial charge in [0, 0.05) is 44.8 Å². The lowest BCUT2D eigenvalue weighted by Gasteiger charge is -2.26. The van der Waals surface area contributed by atoms with Crippen molar-refractivity contribution in [1.82, 2.24) is 4.57 Å². The van der Waals surface area contributed by atoms with Crippen molar-refractivity contribution in [2.45, 2.75) is 19.3 Å². The molecule has 55 heavy (non-hydrogen) atoms. The summed E-state index contributed by atoms with van der Waals surface area (Å²) in [4.78, 5) is 2.35. The molecule has 10 rings (SSSR count). The largest absolute Gasteiger partial charge is 0.312 e. The summed E-state index contributed by atoms with van der Waals surface area (Å²) in [6.45, 7) is 4.75. The average Bonchev–Trinajstić information content (AvgIpc) is 3.72. The molecule has 1 aromatic heterocycles. The molecule has 9 aromatic rings.